The molecule has 19 heteroatoms. The highest BCUT2D eigenvalue weighted by Gasteiger charge is 2.30. The Labute approximate surface area is 651 Å². The zero-order valence-electron chi connectivity index (χ0n) is 69.7. The molecule has 5 atom stereocenters. The van der Waals surface area contributed by atoms with Crippen molar-refractivity contribution in [2.24, 2.45) is 11.8 Å². The minimum Gasteiger partial charge on any atom is -0.462 e. The molecule has 0 saturated heterocycles. The fraction of sp³-hybridized carbons (Fsp3) is 0.954. The molecule has 0 aliphatic rings. The molecular formula is C87H170O17P2. The first-order valence-corrected chi connectivity index (χ1v) is 48.0. The SMILES string of the molecule is CCCCCCCCCCCCCCCCCCCCC(=O)OC[C@H](COP(=O)(O)OC[C@@H](O)COP(=O)(O)OC[C@@H](COC(=O)CCCCCCCCC(C)C)OC(=O)CCCCCCCCCCCCCCCCCCCC)OC(=O)CCCCCCCCCCCCCCCCCCCCC(C)C. The van der Waals surface area contributed by atoms with Gasteiger partial charge < -0.3 is 33.8 Å². The van der Waals surface area contributed by atoms with E-state index in [2.05, 4.69) is 41.5 Å². The van der Waals surface area contributed by atoms with E-state index >= 15 is 0 Å². The van der Waals surface area contributed by atoms with E-state index in [-0.39, 0.29) is 25.7 Å². The molecule has 0 amide bonds. The molecule has 0 heterocycles. The molecule has 0 saturated carbocycles. The lowest BCUT2D eigenvalue weighted by Crippen LogP contribution is -2.30. The van der Waals surface area contributed by atoms with E-state index in [1.165, 1.54) is 276 Å². The van der Waals surface area contributed by atoms with Gasteiger partial charge in [-0.3, -0.25) is 37.3 Å². The van der Waals surface area contributed by atoms with Crippen molar-refractivity contribution in [3.05, 3.63) is 0 Å². The molecule has 3 N–H and O–H groups in total. The number of rotatable bonds is 86. The van der Waals surface area contributed by atoms with Crippen LogP contribution in [0, 0.1) is 11.8 Å². The normalized spacial score (nSPS) is 13.8. The van der Waals surface area contributed by atoms with Crippen molar-refractivity contribution < 1.29 is 80.2 Å². The van der Waals surface area contributed by atoms with E-state index < -0.39 is 97.5 Å². The second kappa shape index (κ2) is 78.3. The van der Waals surface area contributed by atoms with Gasteiger partial charge in [-0.2, -0.15) is 0 Å². The van der Waals surface area contributed by atoms with Gasteiger partial charge in [0.25, 0.3) is 0 Å². The maximum absolute atomic E-state index is 13.1. The summed E-state index contributed by atoms with van der Waals surface area (Å²) in [6, 6.07) is 0. The number of ether oxygens (including phenoxy) is 4. The second-order valence-corrected chi connectivity index (χ2v) is 35.1. The largest absolute Gasteiger partial charge is 0.472 e. The summed E-state index contributed by atoms with van der Waals surface area (Å²) in [6.07, 6.45) is 71.1. The Kier molecular flexibility index (Phi) is 76.9. The Morgan fingerprint density at radius 3 is 0.642 bits per heavy atom. The Bertz CT molecular complexity index is 2030. The van der Waals surface area contributed by atoms with Crippen molar-refractivity contribution in [2.75, 3.05) is 39.6 Å². The molecule has 0 aromatic heterocycles. The number of phosphoric acid groups is 2. The molecule has 2 unspecified atom stereocenters. The molecule has 17 nitrogen and oxygen atoms in total. The van der Waals surface area contributed by atoms with Gasteiger partial charge >= 0.3 is 39.5 Å². The lowest BCUT2D eigenvalue weighted by molar-refractivity contribution is -0.161. The minimum absolute atomic E-state index is 0.108. The molecule has 106 heavy (non-hydrogen) atoms. The quantitative estimate of drug-likeness (QED) is 0.0222. The van der Waals surface area contributed by atoms with Crippen LogP contribution in [0.1, 0.15) is 465 Å². The first kappa shape index (κ1) is 104. The summed E-state index contributed by atoms with van der Waals surface area (Å²) in [6.45, 7) is 9.63. The summed E-state index contributed by atoms with van der Waals surface area (Å²) in [7, 11) is -9.93. The van der Waals surface area contributed by atoms with Crippen LogP contribution in [0.3, 0.4) is 0 Å². The summed E-state index contributed by atoms with van der Waals surface area (Å²) in [5, 5.41) is 10.7. The van der Waals surface area contributed by atoms with Crippen LogP contribution in [0.2, 0.25) is 0 Å². The van der Waals surface area contributed by atoms with Gasteiger partial charge in [0.2, 0.25) is 0 Å². The number of esters is 4. The average Bonchev–Trinajstić information content (AvgIpc) is 0.907. The van der Waals surface area contributed by atoms with E-state index in [1.54, 1.807) is 0 Å². The molecular weight excluding hydrogens is 1380 g/mol. The zero-order chi connectivity index (χ0) is 77.8. The van der Waals surface area contributed by atoms with Gasteiger partial charge in [0.05, 0.1) is 26.4 Å². The number of unbranched alkanes of at least 4 members (excludes halogenated alkanes) is 56. The molecule has 0 rings (SSSR count). The van der Waals surface area contributed by atoms with Gasteiger partial charge in [-0.1, -0.05) is 414 Å². The summed E-state index contributed by atoms with van der Waals surface area (Å²) >= 11 is 0. The van der Waals surface area contributed by atoms with E-state index in [0.29, 0.717) is 31.6 Å². The number of carbonyl (C=O) groups is 4. The first-order chi connectivity index (χ1) is 51.4. The molecule has 0 bridgehead atoms. The van der Waals surface area contributed by atoms with Crippen molar-refractivity contribution in [2.45, 2.75) is 484 Å². The van der Waals surface area contributed by atoms with Crippen LogP contribution >= 0.6 is 15.6 Å². The Morgan fingerprint density at radius 1 is 0.255 bits per heavy atom. The van der Waals surface area contributed by atoms with Crippen molar-refractivity contribution in [3.63, 3.8) is 0 Å². The lowest BCUT2D eigenvalue weighted by atomic mass is 10.0. The van der Waals surface area contributed by atoms with E-state index in [4.69, 9.17) is 37.0 Å². The summed E-state index contributed by atoms with van der Waals surface area (Å²) in [5.74, 6) is -0.603. The maximum Gasteiger partial charge on any atom is 0.472 e. The van der Waals surface area contributed by atoms with Gasteiger partial charge in [-0.25, -0.2) is 9.13 Å². The standard InChI is InChI=1S/C87H170O17P2/c1-7-9-11-13-15-17-19-21-23-25-30-34-38-42-46-50-57-63-69-84(89)97-75-82(103-86(91)71-65-60-52-48-44-40-36-32-28-27-29-33-37-41-45-49-55-61-67-79(3)4)77-101-105(93,94)99-73-81(88)74-100-106(95,96)102-78-83(76-98-85(90)70-64-58-54-53-56-62-68-80(5)6)104-87(92)72-66-59-51-47-43-39-35-31-26-24-22-20-18-16-14-12-10-8-2/h79-83,88H,7-78H2,1-6H3,(H,93,94)(H,95,96)/t81-,82-,83-/m1/s1. The topological polar surface area (TPSA) is 237 Å². The van der Waals surface area contributed by atoms with Gasteiger partial charge in [0, 0.05) is 25.7 Å². The number of hydrogen-bond acceptors (Lipinski definition) is 15. The highest BCUT2D eigenvalue weighted by atomic mass is 31.2. The highest BCUT2D eigenvalue weighted by molar-refractivity contribution is 7.47. The molecule has 0 aromatic rings. The summed E-state index contributed by atoms with van der Waals surface area (Å²) in [5.41, 5.74) is 0. The smallest absolute Gasteiger partial charge is 0.462 e. The molecule has 0 aliphatic heterocycles. The predicted octanol–water partition coefficient (Wildman–Crippen LogP) is 26.6. The molecule has 0 aliphatic carbocycles. The molecule has 630 valence electrons. The molecule has 0 aromatic carbocycles. The minimum atomic E-state index is -4.97. The van der Waals surface area contributed by atoms with Gasteiger partial charge in [-0.05, 0) is 37.5 Å². The Morgan fingerprint density at radius 2 is 0.434 bits per heavy atom. The maximum atomic E-state index is 13.1. The van der Waals surface area contributed by atoms with Crippen LogP contribution < -0.4 is 0 Å². The fourth-order valence-corrected chi connectivity index (χ4v) is 15.2. The van der Waals surface area contributed by atoms with Gasteiger partial charge in [0.1, 0.15) is 19.3 Å². The summed E-state index contributed by atoms with van der Waals surface area (Å²) < 4.78 is 68.9. The molecule has 0 radical (unpaired) electrons. The number of phosphoric ester groups is 2. The van der Waals surface area contributed by atoms with Crippen LogP contribution in [0.15, 0.2) is 0 Å². The number of aliphatic hydroxyl groups is 1. The zero-order valence-corrected chi connectivity index (χ0v) is 71.5. The first-order valence-electron chi connectivity index (χ1n) is 45.0. The van der Waals surface area contributed by atoms with Crippen molar-refractivity contribution in [1.82, 2.24) is 0 Å². The average molecular weight is 1550 g/mol. The molecule has 0 fully saturated rings. The van der Waals surface area contributed by atoms with Gasteiger partial charge in [0.15, 0.2) is 12.2 Å². The third-order valence-corrected chi connectivity index (χ3v) is 22.4. The van der Waals surface area contributed by atoms with Gasteiger partial charge in [-0.15, -0.1) is 0 Å². The van der Waals surface area contributed by atoms with E-state index in [1.807, 2.05) is 0 Å². The number of hydrogen-bond donors (Lipinski definition) is 3. The predicted molar refractivity (Wildman–Crippen MR) is 437 cm³/mol. The van der Waals surface area contributed by atoms with Crippen LogP contribution in [0.4, 0.5) is 0 Å². The van der Waals surface area contributed by atoms with Crippen LogP contribution in [-0.4, -0.2) is 96.7 Å². The van der Waals surface area contributed by atoms with Crippen molar-refractivity contribution >= 4 is 39.5 Å². The monoisotopic (exact) mass is 1550 g/mol. The second-order valence-electron chi connectivity index (χ2n) is 32.2. The van der Waals surface area contributed by atoms with Crippen molar-refractivity contribution in [1.29, 1.82) is 0 Å². The molecule has 0 spiro atoms. The Hall–Kier alpha value is -1.94. The van der Waals surface area contributed by atoms with Crippen molar-refractivity contribution in [3.8, 4) is 0 Å². The number of carbonyl (C=O) groups excluding carboxylic acids is 4. The van der Waals surface area contributed by atoms with Crippen LogP contribution in [0.5, 0.6) is 0 Å². The number of aliphatic hydroxyl groups excluding tert-OH is 1. The lowest BCUT2D eigenvalue weighted by Gasteiger charge is -2.21. The van der Waals surface area contributed by atoms with Crippen LogP contribution in [0.25, 0.3) is 0 Å². The van der Waals surface area contributed by atoms with E-state index in [9.17, 15) is 43.2 Å². The third-order valence-electron chi connectivity index (χ3n) is 20.5. The van der Waals surface area contributed by atoms with Crippen LogP contribution in [-0.2, 0) is 65.4 Å². The Balaban J connectivity index is 5.20. The van der Waals surface area contributed by atoms with E-state index in [0.717, 1.165) is 102 Å². The summed E-state index contributed by atoms with van der Waals surface area (Å²) in [4.78, 5) is 73.2. The third kappa shape index (κ3) is 80.1. The highest BCUT2D eigenvalue weighted by Crippen LogP contribution is 2.45. The fourth-order valence-electron chi connectivity index (χ4n) is 13.6.